The van der Waals surface area contributed by atoms with Gasteiger partial charge in [-0.2, -0.15) is 0 Å². The number of hydrogen-bond acceptors (Lipinski definition) is 3. The van der Waals surface area contributed by atoms with Gasteiger partial charge in [-0.25, -0.2) is 8.42 Å². The van der Waals surface area contributed by atoms with Gasteiger partial charge in [0.1, 0.15) is 0 Å². The van der Waals surface area contributed by atoms with Crippen molar-refractivity contribution in [1.29, 1.82) is 0 Å². The predicted molar refractivity (Wildman–Crippen MR) is 59.4 cm³/mol. The summed E-state index contributed by atoms with van der Waals surface area (Å²) in [4.78, 5) is 0. The second kappa shape index (κ2) is 6.92. The quantitative estimate of drug-likeness (QED) is 0.474. The molecule has 0 saturated carbocycles. The van der Waals surface area contributed by atoms with Crippen LogP contribution in [0.5, 0.6) is 0 Å². The summed E-state index contributed by atoms with van der Waals surface area (Å²) in [6.07, 6.45) is 2.73. The van der Waals surface area contributed by atoms with Crippen molar-refractivity contribution in [1.82, 2.24) is 0 Å². The Morgan fingerprint density at radius 2 is 1.81 bits per heavy atom. The Balaban J connectivity index is 0.00000225. The van der Waals surface area contributed by atoms with E-state index in [1.807, 2.05) is 24.3 Å². The van der Waals surface area contributed by atoms with E-state index in [0.717, 1.165) is 11.1 Å². The van der Waals surface area contributed by atoms with Crippen LogP contribution in [-0.2, 0) is 16.5 Å². The molecule has 82 valence electrons. The monoisotopic (exact) mass is 232 g/mol. The second-order valence-corrected chi connectivity index (χ2v) is 4.83. The maximum absolute atomic E-state index is 10.4. The first-order valence-corrected chi connectivity index (χ1v) is 6.24. The third-order valence-corrected chi connectivity index (χ3v) is 2.86. The Morgan fingerprint density at radius 3 is 2.25 bits per heavy atom. The Morgan fingerprint density at radius 1 is 1.25 bits per heavy atom. The molecule has 1 rings (SSSR count). The molecule has 0 radical (unpaired) electrons. The fourth-order valence-electron chi connectivity index (χ4n) is 1.27. The summed E-state index contributed by atoms with van der Waals surface area (Å²) < 4.78 is 31.1. The predicted octanol–water partition coefficient (Wildman–Crippen LogP) is -1.19. The Bertz CT molecular complexity index is 423. The van der Waals surface area contributed by atoms with Crippen LogP contribution in [-0.4, -0.2) is 18.7 Å². The topological polar surface area (TPSA) is 57.2 Å². The van der Waals surface area contributed by atoms with Gasteiger partial charge in [0.05, 0.1) is 10.1 Å². The molecular formula is C11H13LiO3S. The van der Waals surface area contributed by atoms with Crippen LogP contribution in [0.2, 0.25) is 0 Å². The van der Waals surface area contributed by atoms with Gasteiger partial charge in [0.15, 0.2) is 0 Å². The molecule has 0 amide bonds. The molecule has 1 aromatic rings. The summed E-state index contributed by atoms with van der Waals surface area (Å²) in [5.41, 5.74) is 2.06. The van der Waals surface area contributed by atoms with Crippen LogP contribution >= 0.6 is 0 Å². The van der Waals surface area contributed by atoms with Crippen molar-refractivity contribution in [2.45, 2.75) is 12.8 Å². The maximum Gasteiger partial charge on any atom is 1.00 e. The molecule has 0 aliphatic carbocycles. The fraction of sp³-hybridized carbons (Fsp3) is 0.273. The summed E-state index contributed by atoms with van der Waals surface area (Å²) in [7, 11) is -4.07. The zero-order valence-corrected chi connectivity index (χ0v) is 10.2. The van der Waals surface area contributed by atoms with E-state index in [4.69, 9.17) is 0 Å². The smallest absolute Gasteiger partial charge is 0.748 e. The van der Waals surface area contributed by atoms with Crippen molar-refractivity contribution in [3.8, 4) is 0 Å². The van der Waals surface area contributed by atoms with E-state index in [-0.39, 0.29) is 24.6 Å². The summed E-state index contributed by atoms with van der Waals surface area (Å²) in [5, 5.41) is 0. The van der Waals surface area contributed by atoms with Gasteiger partial charge in [-0.3, -0.25) is 0 Å². The molecule has 0 N–H and O–H groups in total. The molecule has 0 heterocycles. The van der Waals surface area contributed by atoms with Gasteiger partial charge < -0.3 is 4.55 Å². The number of rotatable bonds is 5. The molecule has 0 unspecified atom stereocenters. The normalized spacial score (nSPS) is 10.6. The number of hydrogen-bond donors (Lipinski definition) is 0. The van der Waals surface area contributed by atoms with E-state index < -0.39 is 10.1 Å². The van der Waals surface area contributed by atoms with Crippen molar-refractivity contribution < 1.29 is 31.8 Å². The van der Waals surface area contributed by atoms with Gasteiger partial charge in [-0.15, -0.1) is 0 Å². The van der Waals surface area contributed by atoms with E-state index in [2.05, 4.69) is 6.58 Å². The Hall–Kier alpha value is -0.533. The number of aryl methyl sites for hydroxylation is 1. The van der Waals surface area contributed by atoms with Crippen LogP contribution in [0.4, 0.5) is 0 Å². The molecule has 0 aliphatic rings. The van der Waals surface area contributed by atoms with Crippen molar-refractivity contribution in [3.05, 3.63) is 42.0 Å². The van der Waals surface area contributed by atoms with E-state index in [0.29, 0.717) is 12.8 Å². The largest absolute Gasteiger partial charge is 1.00 e. The minimum absolute atomic E-state index is 0. The fourth-order valence-corrected chi connectivity index (χ4v) is 1.77. The van der Waals surface area contributed by atoms with E-state index >= 15 is 0 Å². The van der Waals surface area contributed by atoms with Crippen LogP contribution in [0, 0.1) is 0 Å². The average molecular weight is 232 g/mol. The van der Waals surface area contributed by atoms with Crippen molar-refractivity contribution >= 4 is 16.2 Å². The first kappa shape index (κ1) is 15.5. The van der Waals surface area contributed by atoms with Gasteiger partial charge >= 0.3 is 18.9 Å². The third-order valence-electron chi connectivity index (χ3n) is 2.08. The molecule has 0 spiro atoms. The molecular weight excluding hydrogens is 219 g/mol. The zero-order valence-electron chi connectivity index (χ0n) is 9.35. The molecule has 0 fully saturated rings. The van der Waals surface area contributed by atoms with Crippen molar-refractivity contribution in [3.63, 3.8) is 0 Å². The molecule has 0 atom stereocenters. The summed E-state index contributed by atoms with van der Waals surface area (Å²) in [5.74, 6) is -0.295. The molecule has 3 nitrogen and oxygen atoms in total. The van der Waals surface area contributed by atoms with Crippen molar-refractivity contribution in [2.75, 3.05) is 5.75 Å². The van der Waals surface area contributed by atoms with Gasteiger partial charge in [-0.1, -0.05) is 36.9 Å². The van der Waals surface area contributed by atoms with Gasteiger partial charge in [0.2, 0.25) is 0 Å². The van der Waals surface area contributed by atoms with Gasteiger partial charge in [-0.05, 0) is 24.0 Å². The summed E-state index contributed by atoms with van der Waals surface area (Å²) >= 11 is 0. The van der Waals surface area contributed by atoms with E-state index in [9.17, 15) is 13.0 Å². The van der Waals surface area contributed by atoms with Crippen LogP contribution < -0.4 is 18.9 Å². The third kappa shape index (κ3) is 6.14. The van der Waals surface area contributed by atoms with E-state index in [1.165, 1.54) is 0 Å². The van der Waals surface area contributed by atoms with Crippen LogP contribution in [0.1, 0.15) is 17.5 Å². The van der Waals surface area contributed by atoms with Gasteiger partial charge in [0.25, 0.3) is 0 Å². The summed E-state index contributed by atoms with van der Waals surface area (Å²) in [6, 6.07) is 7.64. The van der Waals surface area contributed by atoms with Crippen LogP contribution in [0.25, 0.3) is 6.08 Å². The van der Waals surface area contributed by atoms with Crippen molar-refractivity contribution in [2.24, 2.45) is 0 Å². The molecule has 0 aromatic heterocycles. The first-order chi connectivity index (χ1) is 7.01. The van der Waals surface area contributed by atoms with E-state index in [1.54, 1.807) is 6.08 Å². The molecule has 0 saturated heterocycles. The average Bonchev–Trinajstić information content (AvgIpc) is 2.17. The molecule has 1 aromatic carbocycles. The minimum atomic E-state index is -4.07. The molecule has 16 heavy (non-hydrogen) atoms. The first-order valence-electron chi connectivity index (χ1n) is 4.66. The standard InChI is InChI=1S/C11H14O3S.Li/c1-2-10-5-7-11(8-6-10)4-3-9-15(12,13)14;/h2,5-8H,1,3-4,9H2,(H,12,13,14);/q;+1/p-1. The summed E-state index contributed by atoms with van der Waals surface area (Å²) in [6.45, 7) is 3.63. The SMILES string of the molecule is C=Cc1ccc(CCCS(=O)(=O)[O-])cc1.[Li+]. The van der Waals surface area contributed by atoms with Crippen LogP contribution in [0.15, 0.2) is 30.8 Å². The molecule has 0 aliphatic heterocycles. The maximum atomic E-state index is 10.4. The molecule has 5 heteroatoms. The molecule has 0 bridgehead atoms. The second-order valence-electron chi connectivity index (χ2n) is 3.31. The Labute approximate surface area is 108 Å². The van der Waals surface area contributed by atoms with Crippen LogP contribution in [0.3, 0.4) is 0 Å². The number of benzene rings is 1. The van der Waals surface area contributed by atoms with Gasteiger partial charge in [0, 0.05) is 5.75 Å². The minimum Gasteiger partial charge on any atom is -0.748 e. The zero-order chi connectivity index (χ0) is 11.3. The Kier molecular flexibility index (Phi) is 6.69.